The van der Waals surface area contributed by atoms with E-state index in [9.17, 15) is 13.2 Å². The highest BCUT2D eigenvalue weighted by molar-refractivity contribution is 5.36. The second-order valence-electron chi connectivity index (χ2n) is 3.81. The number of aryl methyl sites for hydroxylation is 1. The number of benzene rings is 1. The van der Waals surface area contributed by atoms with Crippen LogP contribution in [0.5, 0.6) is 5.75 Å². The lowest BCUT2D eigenvalue weighted by Crippen LogP contribution is -2.06. The van der Waals surface area contributed by atoms with Gasteiger partial charge in [0.15, 0.2) is 0 Å². The van der Waals surface area contributed by atoms with Gasteiger partial charge in [-0.05, 0) is 49.6 Å². The largest absolute Gasteiger partial charge is 0.497 e. The number of halogens is 3. The molecule has 1 rings (SSSR count). The van der Waals surface area contributed by atoms with E-state index in [-0.39, 0.29) is 5.75 Å². The Labute approximate surface area is 98.6 Å². The molecule has 17 heavy (non-hydrogen) atoms. The fourth-order valence-electron chi connectivity index (χ4n) is 1.56. The van der Waals surface area contributed by atoms with Crippen molar-refractivity contribution in [1.82, 2.24) is 0 Å². The molecule has 0 fully saturated rings. The normalized spacial score (nSPS) is 11.6. The Balaban J connectivity index is 2.89. The number of alkyl halides is 3. The number of ether oxygens (including phenoxy) is 1. The predicted molar refractivity (Wildman–Crippen MR) is 60.0 cm³/mol. The molecule has 0 aromatic heterocycles. The molecule has 0 atom stereocenters. The van der Waals surface area contributed by atoms with Gasteiger partial charge in [-0.25, -0.2) is 0 Å². The first kappa shape index (κ1) is 13.8. The van der Waals surface area contributed by atoms with Crippen molar-refractivity contribution in [2.45, 2.75) is 25.4 Å². The van der Waals surface area contributed by atoms with E-state index in [1.54, 1.807) is 6.07 Å². The molecule has 0 saturated heterocycles. The van der Waals surface area contributed by atoms with Gasteiger partial charge >= 0.3 is 6.18 Å². The van der Waals surface area contributed by atoms with Crippen molar-refractivity contribution >= 4 is 0 Å². The topological polar surface area (TPSA) is 35.2 Å². The lowest BCUT2D eigenvalue weighted by Gasteiger charge is -2.11. The van der Waals surface area contributed by atoms with E-state index in [0.717, 1.165) is 18.9 Å². The maximum atomic E-state index is 12.6. The van der Waals surface area contributed by atoms with Gasteiger partial charge in [0, 0.05) is 0 Å². The van der Waals surface area contributed by atoms with Crippen molar-refractivity contribution in [2.24, 2.45) is 5.73 Å². The fraction of sp³-hybridized carbons (Fsp3) is 0.500. The highest BCUT2D eigenvalue weighted by Crippen LogP contribution is 2.32. The first-order valence-electron chi connectivity index (χ1n) is 5.42. The summed E-state index contributed by atoms with van der Waals surface area (Å²) >= 11 is 0. The number of rotatable bonds is 5. The smallest absolute Gasteiger partial charge is 0.416 e. The Hall–Kier alpha value is -1.23. The summed E-state index contributed by atoms with van der Waals surface area (Å²) in [4.78, 5) is 0. The van der Waals surface area contributed by atoms with E-state index in [4.69, 9.17) is 10.5 Å². The van der Waals surface area contributed by atoms with Gasteiger partial charge in [0.1, 0.15) is 5.75 Å². The zero-order chi connectivity index (χ0) is 12.9. The van der Waals surface area contributed by atoms with Crippen molar-refractivity contribution in [2.75, 3.05) is 13.7 Å². The minimum atomic E-state index is -4.34. The molecule has 0 radical (unpaired) electrons. The molecule has 0 bridgehead atoms. The maximum absolute atomic E-state index is 12.6. The third-order valence-electron chi connectivity index (χ3n) is 2.45. The fourth-order valence-corrected chi connectivity index (χ4v) is 1.56. The monoisotopic (exact) mass is 247 g/mol. The van der Waals surface area contributed by atoms with Crippen LogP contribution in [0.3, 0.4) is 0 Å². The van der Waals surface area contributed by atoms with Crippen LogP contribution >= 0.6 is 0 Å². The molecule has 96 valence electrons. The molecule has 1 aromatic carbocycles. The average molecular weight is 247 g/mol. The molecule has 2 N–H and O–H groups in total. The Morgan fingerprint density at radius 2 is 1.88 bits per heavy atom. The Morgan fingerprint density at radius 3 is 2.41 bits per heavy atom. The molecule has 5 heteroatoms. The summed E-state index contributed by atoms with van der Waals surface area (Å²) in [6, 6.07) is 3.80. The lowest BCUT2D eigenvalue weighted by molar-refractivity contribution is -0.137. The van der Waals surface area contributed by atoms with E-state index >= 15 is 0 Å². The molecule has 0 amide bonds. The van der Waals surface area contributed by atoms with E-state index in [0.29, 0.717) is 18.5 Å². The zero-order valence-corrected chi connectivity index (χ0v) is 9.68. The summed E-state index contributed by atoms with van der Waals surface area (Å²) in [5.41, 5.74) is 5.31. The second-order valence-corrected chi connectivity index (χ2v) is 3.81. The number of unbranched alkanes of at least 4 members (excludes halogenated alkanes) is 1. The predicted octanol–water partition coefficient (Wildman–Crippen LogP) is 3.00. The summed E-state index contributed by atoms with van der Waals surface area (Å²) < 4.78 is 42.7. The minimum Gasteiger partial charge on any atom is -0.497 e. The van der Waals surface area contributed by atoms with Crippen LogP contribution in [0.2, 0.25) is 0 Å². The van der Waals surface area contributed by atoms with Gasteiger partial charge in [-0.3, -0.25) is 0 Å². The quantitative estimate of drug-likeness (QED) is 0.812. The van der Waals surface area contributed by atoms with E-state index in [1.165, 1.54) is 13.2 Å². The van der Waals surface area contributed by atoms with Crippen LogP contribution in [0, 0.1) is 0 Å². The van der Waals surface area contributed by atoms with Gasteiger partial charge < -0.3 is 10.5 Å². The molecule has 0 unspecified atom stereocenters. The van der Waals surface area contributed by atoms with E-state index in [2.05, 4.69) is 0 Å². The molecule has 0 aliphatic rings. The Bertz CT molecular complexity index is 363. The molecule has 1 aromatic rings. The third kappa shape index (κ3) is 4.26. The summed E-state index contributed by atoms with van der Waals surface area (Å²) in [6.07, 6.45) is -2.17. The zero-order valence-electron chi connectivity index (χ0n) is 9.68. The van der Waals surface area contributed by atoms with Gasteiger partial charge in [-0.2, -0.15) is 13.2 Å². The third-order valence-corrected chi connectivity index (χ3v) is 2.45. The van der Waals surface area contributed by atoms with Crippen molar-refractivity contribution in [1.29, 1.82) is 0 Å². The SMILES string of the molecule is COc1cc(CCCCN)cc(C(F)(F)F)c1. The molecule has 2 nitrogen and oxygen atoms in total. The van der Waals surface area contributed by atoms with Crippen LogP contribution in [-0.4, -0.2) is 13.7 Å². The maximum Gasteiger partial charge on any atom is 0.416 e. The van der Waals surface area contributed by atoms with Gasteiger partial charge in [0.05, 0.1) is 12.7 Å². The van der Waals surface area contributed by atoms with Crippen LogP contribution in [0.4, 0.5) is 13.2 Å². The van der Waals surface area contributed by atoms with Crippen molar-refractivity contribution < 1.29 is 17.9 Å². The lowest BCUT2D eigenvalue weighted by atomic mass is 10.0. The molecule has 0 aliphatic carbocycles. The first-order valence-corrected chi connectivity index (χ1v) is 5.42. The second kappa shape index (κ2) is 5.91. The van der Waals surface area contributed by atoms with Crippen LogP contribution in [0.25, 0.3) is 0 Å². The van der Waals surface area contributed by atoms with Crippen molar-refractivity contribution in [3.63, 3.8) is 0 Å². The molecular formula is C12H16F3NO. The highest BCUT2D eigenvalue weighted by Gasteiger charge is 2.31. The van der Waals surface area contributed by atoms with Gasteiger partial charge in [-0.1, -0.05) is 0 Å². The summed E-state index contributed by atoms with van der Waals surface area (Å²) in [6.45, 7) is 0.552. The van der Waals surface area contributed by atoms with Crippen molar-refractivity contribution in [3.8, 4) is 5.75 Å². The summed E-state index contributed by atoms with van der Waals surface area (Å²) in [7, 11) is 1.36. The van der Waals surface area contributed by atoms with Gasteiger partial charge in [0.2, 0.25) is 0 Å². The minimum absolute atomic E-state index is 0.238. The van der Waals surface area contributed by atoms with Crippen molar-refractivity contribution in [3.05, 3.63) is 29.3 Å². The molecule has 0 heterocycles. The highest BCUT2D eigenvalue weighted by atomic mass is 19.4. The molecule has 0 spiro atoms. The average Bonchev–Trinajstić information content (AvgIpc) is 2.28. The van der Waals surface area contributed by atoms with Crippen LogP contribution < -0.4 is 10.5 Å². The summed E-state index contributed by atoms with van der Waals surface area (Å²) in [5.74, 6) is 0.238. The van der Waals surface area contributed by atoms with E-state index in [1.807, 2.05) is 0 Å². The number of hydrogen-bond donors (Lipinski definition) is 1. The number of hydrogen-bond acceptors (Lipinski definition) is 2. The molecular weight excluding hydrogens is 231 g/mol. The van der Waals surface area contributed by atoms with Crippen LogP contribution in [0.1, 0.15) is 24.0 Å². The van der Waals surface area contributed by atoms with Gasteiger partial charge in [-0.15, -0.1) is 0 Å². The molecule has 0 saturated carbocycles. The van der Waals surface area contributed by atoms with Gasteiger partial charge in [0.25, 0.3) is 0 Å². The summed E-state index contributed by atoms with van der Waals surface area (Å²) in [5, 5.41) is 0. The number of methoxy groups -OCH3 is 1. The van der Waals surface area contributed by atoms with Crippen LogP contribution in [-0.2, 0) is 12.6 Å². The van der Waals surface area contributed by atoms with E-state index < -0.39 is 11.7 Å². The standard InChI is InChI=1S/C12H16F3NO/c1-17-11-7-9(4-2-3-5-16)6-10(8-11)12(13,14)15/h6-8H,2-5,16H2,1H3. The first-order chi connectivity index (χ1) is 7.97. The Kier molecular flexibility index (Phi) is 4.81. The number of nitrogens with two attached hydrogens (primary N) is 1. The van der Waals surface area contributed by atoms with Crippen LogP contribution in [0.15, 0.2) is 18.2 Å². The molecule has 0 aliphatic heterocycles. The Morgan fingerprint density at radius 1 is 1.18 bits per heavy atom.